The highest BCUT2D eigenvalue weighted by atomic mass is 16.2. The molecule has 0 aliphatic carbocycles. The van der Waals surface area contributed by atoms with Crippen molar-refractivity contribution in [2.24, 2.45) is 0 Å². The zero-order valence-electron chi connectivity index (χ0n) is 10.4. The molecule has 17 heavy (non-hydrogen) atoms. The Kier molecular flexibility index (Phi) is 4.13. The van der Waals surface area contributed by atoms with Gasteiger partial charge in [-0.05, 0) is 37.0 Å². The van der Waals surface area contributed by atoms with Gasteiger partial charge in [-0.3, -0.25) is 9.78 Å². The number of rotatable bonds is 4. The highest BCUT2D eigenvalue weighted by molar-refractivity contribution is 5.77. The molecule has 1 amide bonds. The molecule has 1 unspecified atom stereocenters. The molecule has 0 saturated carbocycles. The molecule has 0 aromatic carbocycles. The van der Waals surface area contributed by atoms with Gasteiger partial charge >= 0.3 is 0 Å². The Morgan fingerprint density at radius 3 is 2.94 bits per heavy atom. The minimum Gasteiger partial charge on any atom is -0.336 e. The summed E-state index contributed by atoms with van der Waals surface area (Å²) in [6.07, 6.45) is 8.59. The van der Waals surface area contributed by atoms with Gasteiger partial charge < -0.3 is 4.90 Å². The van der Waals surface area contributed by atoms with Crippen LogP contribution in [0.15, 0.2) is 24.5 Å². The summed E-state index contributed by atoms with van der Waals surface area (Å²) in [6, 6.07) is 4.33. The van der Waals surface area contributed by atoms with E-state index in [9.17, 15) is 4.79 Å². The molecule has 1 aromatic rings. The minimum absolute atomic E-state index is 0.280. The van der Waals surface area contributed by atoms with Crippen molar-refractivity contribution in [3.63, 3.8) is 0 Å². The Hall–Kier alpha value is -1.38. The van der Waals surface area contributed by atoms with Crippen LogP contribution >= 0.6 is 0 Å². The predicted molar refractivity (Wildman–Crippen MR) is 67.5 cm³/mol. The number of likely N-dealkylation sites (tertiary alicyclic amines) is 1. The van der Waals surface area contributed by atoms with Crippen molar-refractivity contribution in [2.75, 3.05) is 6.54 Å². The van der Waals surface area contributed by atoms with Gasteiger partial charge in [0.1, 0.15) is 0 Å². The Morgan fingerprint density at radius 1 is 1.47 bits per heavy atom. The highest BCUT2D eigenvalue weighted by Crippen LogP contribution is 2.32. The van der Waals surface area contributed by atoms with Crippen LogP contribution in [-0.2, 0) is 4.79 Å². The monoisotopic (exact) mass is 232 g/mol. The Balaban J connectivity index is 2.05. The van der Waals surface area contributed by atoms with Crippen molar-refractivity contribution in [2.45, 2.75) is 45.1 Å². The average molecular weight is 232 g/mol. The first-order chi connectivity index (χ1) is 8.33. The van der Waals surface area contributed by atoms with Gasteiger partial charge in [0.2, 0.25) is 5.91 Å². The Morgan fingerprint density at radius 2 is 2.24 bits per heavy atom. The molecule has 3 nitrogen and oxygen atoms in total. The summed E-state index contributed by atoms with van der Waals surface area (Å²) in [5.74, 6) is 0.311. The second kappa shape index (κ2) is 5.80. The maximum Gasteiger partial charge on any atom is 0.223 e. The number of nitrogens with zero attached hydrogens (tertiary/aromatic N) is 2. The second-order valence-corrected chi connectivity index (χ2v) is 4.63. The first-order valence-corrected chi connectivity index (χ1v) is 6.52. The van der Waals surface area contributed by atoms with Crippen molar-refractivity contribution in [3.05, 3.63) is 30.1 Å². The van der Waals surface area contributed by atoms with E-state index in [2.05, 4.69) is 11.9 Å². The molecule has 1 aliphatic rings. The Labute approximate surface area is 103 Å². The van der Waals surface area contributed by atoms with Crippen LogP contribution in [0, 0.1) is 0 Å². The molecule has 2 heterocycles. The van der Waals surface area contributed by atoms with Crippen LogP contribution < -0.4 is 0 Å². The highest BCUT2D eigenvalue weighted by Gasteiger charge is 2.29. The van der Waals surface area contributed by atoms with E-state index >= 15 is 0 Å². The van der Waals surface area contributed by atoms with E-state index in [1.807, 2.05) is 29.4 Å². The topological polar surface area (TPSA) is 33.2 Å². The number of unbranched alkanes of at least 4 members (excludes halogenated alkanes) is 1. The van der Waals surface area contributed by atoms with E-state index < -0.39 is 0 Å². The van der Waals surface area contributed by atoms with E-state index in [-0.39, 0.29) is 6.04 Å². The van der Waals surface area contributed by atoms with Crippen molar-refractivity contribution in [3.8, 4) is 0 Å². The number of pyridine rings is 1. The van der Waals surface area contributed by atoms with Crippen LogP contribution in [-0.4, -0.2) is 22.3 Å². The third-order valence-corrected chi connectivity index (χ3v) is 3.41. The van der Waals surface area contributed by atoms with Gasteiger partial charge in [0.25, 0.3) is 0 Å². The number of hydrogen-bond donors (Lipinski definition) is 0. The zero-order valence-corrected chi connectivity index (χ0v) is 10.4. The predicted octanol–water partition coefficient (Wildman–Crippen LogP) is 2.94. The maximum absolute atomic E-state index is 12.1. The van der Waals surface area contributed by atoms with Gasteiger partial charge in [-0.25, -0.2) is 0 Å². The summed E-state index contributed by atoms with van der Waals surface area (Å²) in [5.41, 5.74) is 1.22. The van der Waals surface area contributed by atoms with Crippen molar-refractivity contribution in [1.82, 2.24) is 9.88 Å². The normalized spacial score (nSPS) is 19.6. The number of hydrogen-bond acceptors (Lipinski definition) is 2. The summed E-state index contributed by atoms with van der Waals surface area (Å²) in [4.78, 5) is 18.2. The number of amides is 1. The smallest absolute Gasteiger partial charge is 0.223 e. The van der Waals surface area contributed by atoms with E-state index in [4.69, 9.17) is 0 Å². The SMILES string of the molecule is CCCCC(=O)N1CCCC1c1ccncc1. The third-order valence-electron chi connectivity index (χ3n) is 3.41. The van der Waals surface area contributed by atoms with E-state index in [0.717, 1.165) is 32.2 Å². The second-order valence-electron chi connectivity index (χ2n) is 4.63. The van der Waals surface area contributed by atoms with Crippen LogP contribution in [0.1, 0.15) is 50.6 Å². The fraction of sp³-hybridized carbons (Fsp3) is 0.571. The molecule has 92 valence electrons. The summed E-state index contributed by atoms with van der Waals surface area (Å²) in [6.45, 7) is 3.03. The molecule has 1 saturated heterocycles. The van der Waals surface area contributed by atoms with Crippen LogP contribution in [0.3, 0.4) is 0 Å². The molecule has 0 spiro atoms. The molecule has 3 heteroatoms. The van der Waals surface area contributed by atoms with Crippen LogP contribution in [0.4, 0.5) is 0 Å². The fourth-order valence-corrected chi connectivity index (χ4v) is 2.47. The lowest BCUT2D eigenvalue weighted by atomic mass is 10.1. The van der Waals surface area contributed by atoms with Crippen LogP contribution in [0.5, 0.6) is 0 Å². The molecule has 0 radical (unpaired) electrons. The first-order valence-electron chi connectivity index (χ1n) is 6.52. The number of carbonyl (C=O) groups is 1. The first kappa shape index (κ1) is 12.1. The number of carbonyl (C=O) groups excluding carboxylic acids is 1. The summed E-state index contributed by atoms with van der Waals surface area (Å²) in [5, 5.41) is 0. The largest absolute Gasteiger partial charge is 0.336 e. The molecule has 1 aromatic heterocycles. The lowest BCUT2D eigenvalue weighted by Gasteiger charge is -2.25. The van der Waals surface area contributed by atoms with Gasteiger partial charge in [0.15, 0.2) is 0 Å². The summed E-state index contributed by atoms with van der Waals surface area (Å²) < 4.78 is 0. The van der Waals surface area contributed by atoms with E-state index in [0.29, 0.717) is 12.3 Å². The summed E-state index contributed by atoms with van der Waals surface area (Å²) in [7, 11) is 0. The third kappa shape index (κ3) is 2.84. The average Bonchev–Trinajstić information content (AvgIpc) is 2.86. The fourth-order valence-electron chi connectivity index (χ4n) is 2.47. The van der Waals surface area contributed by atoms with E-state index in [1.165, 1.54) is 5.56 Å². The molecule has 1 aliphatic heterocycles. The van der Waals surface area contributed by atoms with Gasteiger partial charge in [-0.2, -0.15) is 0 Å². The summed E-state index contributed by atoms with van der Waals surface area (Å²) >= 11 is 0. The minimum atomic E-state index is 0.280. The lowest BCUT2D eigenvalue weighted by molar-refractivity contribution is -0.132. The van der Waals surface area contributed by atoms with Crippen molar-refractivity contribution in [1.29, 1.82) is 0 Å². The molecule has 0 N–H and O–H groups in total. The van der Waals surface area contributed by atoms with E-state index in [1.54, 1.807) is 0 Å². The molecular formula is C14H20N2O. The van der Waals surface area contributed by atoms with Gasteiger partial charge in [-0.15, -0.1) is 0 Å². The molecule has 1 fully saturated rings. The van der Waals surface area contributed by atoms with Gasteiger partial charge in [0, 0.05) is 25.4 Å². The molecule has 2 rings (SSSR count). The van der Waals surface area contributed by atoms with Crippen LogP contribution in [0.25, 0.3) is 0 Å². The quantitative estimate of drug-likeness (QED) is 0.799. The molecular weight excluding hydrogens is 212 g/mol. The van der Waals surface area contributed by atoms with Crippen LogP contribution in [0.2, 0.25) is 0 Å². The lowest BCUT2D eigenvalue weighted by Crippen LogP contribution is -2.30. The Bertz CT molecular complexity index is 364. The van der Waals surface area contributed by atoms with Gasteiger partial charge in [0.05, 0.1) is 6.04 Å². The number of aromatic nitrogens is 1. The van der Waals surface area contributed by atoms with Crippen molar-refractivity contribution >= 4 is 5.91 Å². The molecule has 0 bridgehead atoms. The zero-order chi connectivity index (χ0) is 12.1. The standard InChI is InChI=1S/C14H20N2O/c1-2-3-6-14(17)16-11-4-5-13(16)12-7-9-15-10-8-12/h7-10,13H,2-6,11H2,1H3. The maximum atomic E-state index is 12.1. The van der Waals surface area contributed by atoms with Crippen molar-refractivity contribution < 1.29 is 4.79 Å². The van der Waals surface area contributed by atoms with Gasteiger partial charge in [-0.1, -0.05) is 13.3 Å². The molecule has 1 atom stereocenters.